The van der Waals surface area contributed by atoms with Gasteiger partial charge in [0.2, 0.25) is 10.0 Å². The summed E-state index contributed by atoms with van der Waals surface area (Å²) in [5.41, 5.74) is 0.843. The first kappa shape index (κ1) is 14.9. The number of hydrogen-bond donors (Lipinski definition) is 0. The summed E-state index contributed by atoms with van der Waals surface area (Å²) in [6.07, 6.45) is 0. The standard InChI is InChI=1S/C14H21NO2S/c1-12(2)10-15(11-13(3)4)18(16,17)14-8-6-5-7-9-14/h5-9,13H,1,10-11H2,2-4H3. The van der Waals surface area contributed by atoms with Gasteiger partial charge in [-0.1, -0.05) is 44.2 Å². The van der Waals surface area contributed by atoms with Crippen molar-refractivity contribution in [3.05, 3.63) is 42.5 Å². The summed E-state index contributed by atoms with van der Waals surface area (Å²) >= 11 is 0. The Balaban J connectivity index is 3.07. The molecule has 0 aliphatic rings. The van der Waals surface area contributed by atoms with Crippen molar-refractivity contribution in [2.24, 2.45) is 5.92 Å². The molecule has 3 nitrogen and oxygen atoms in total. The first-order chi connectivity index (χ1) is 8.34. The zero-order chi connectivity index (χ0) is 13.8. The summed E-state index contributed by atoms with van der Waals surface area (Å²) in [5, 5.41) is 0. The van der Waals surface area contributed by atoms with Crippen LogP contribution >= 0.6 is 0 Å². The molecular weight excluding hydrogens is 246 g/mol. The molecule has 0 unspecified atom stereocenters. The van der Waals surface area contributed by atoms with Gasteiger partial charge in [0.15, 0.2) is 0 Å². The van der Waals surface area contributed by atoms with E-state index in [1.807, 2.05) is 26.8 Å². The van der Waals surface area contributed by atoms with Crippen LogP contribution in [0.15, 0.2) is 47.4 Å². The van der Waals surface area contributed by atoms with Gasteiger partial charge in [0, 0.05) is 13.1 Å². The molecule has 0 amide bonds. The minimum atomic E-state index is -3.42. The maximum absolute atomic E-state index is 12.5. The third-order valence-electron chi connectivity index (χ3n) is 2.40. The predicted molar refractivity (Wildman–Crippen MR) is 74.9 cm³/mol. The van der Waals surface area contributed by atoms with E-state index in [-0.39, 0.29) is 5.92 Å². The zero-order valence-electron chi connectivity index (χ0n) is 11.3. The summed E-state index contributed by atoms with van der Waals surface area (Å²) in [5.74, 6) is 0.280. The average molecular weight is 267 g/mol. The van der Waals surface area contributed by atoms with Crippen molar-refractivity contribution in [2.45, 2.75) is 25.7 Å². The molecular formula is C14H21NO2S. The van der Waals surface area contributed by atoms with Crippen LogP contribution in [0, 0.1) is 5.92 Å². The van der Waals surface area contributed by atoms with E-state index in [4.69, 9.17) is 0 Å². The normalized spacial score (nSPS) is 12.1. The van der Waals surface area contributed by atoms with Crippen molar-refractivity contribution in [1.82, 2.24) is 4.31 Å². The lowest BCUT2D eigenvalue weighted by Crippen LogP contribution is -2.35. The molecule has 0 spiro atoms. The smallest absolute Gasteiger partial charge is 0.207 e. The topological polar surface area (TPSA) is 37.4 Å². The lowest BCUT2D eigenvalue weighted by atomic mass is 10.2. The number of hydrogen-bond acceptors (Lipinski definition) is 2. The fourth-order valence-electron chi connectivity index (χ4n) is 1.70. The molecule has 18 heavy (non-hydrogen) atoms. The molecule has 1 aromatic rings. The largest absolute Gasteiger partial charge is 0.243 e. The summed E-state index contributed by atoms with van der Waals surface area (Å²) in [6.45, 7) is 10.5. The SMILES string of the molecule is C=C(C)CN(CC(C)C)S(=O)(=O)c1ccccc1. The van der Waals surface area contributed by atoms with Crippen LogP contribution < -0.4 is 0 Å². The number of nitrogens with zero attached hydrogens (tertiary/aromatic N) is 1. The molecule has 0 aliphatic heterocycles. The number of rotatable bonds is 6. The molecule has 0 heterocycles. The van der Waals surface area contributed by atoms with Crippen LogP contribution in [0.2, 0.25) is 0 Å². The van der Waals surface area contributed by atoms with Crippen molar-refractivity contribution in [3.8, 4) is 0 Å². The Hall–Kier alpha value is -1.13. The third kappa shape index (κ3) is 3.96. The maximum atomic E-state index is 12.5. The second-order valence-corrected chi connectivity index (χ2v) is 6.90. The molecule has 0 radical (unpaired) electrons. The van der Waals surface area contributed by atoms with Crippen LogP contribution in [-0.4, -0.2) is 25.8 Å². The Morgan fingerprint density at radius 3 is 2.28 bits per heavy atom. The highest BCUT2D eigenvalue weighted by molar-refractivity contribution is 7.89. The van der Waals surface area contributed by atoms with Crippen LogP contribution in [0.1, 0.15) is 20.8 Å². The van der Waals surface area contributed by atoms with Crippen molar-refractivity contribution >= 4 is 10.0 Å². The minimum Gasteiger partial charge on any atom is -0.207 e. The monoisotopic (exact) mass is 267 g/mol. The quantitative estimate of drug-likeness (QED) is 0.743. The fraction of sp³-hybridized carbons (Fsp3) is 0.429. The van der Waals surface area contributed by atoms with E-state index >= 15 is 0 Å². The van der Waals surface area contributed by atoms with Gasteiger partial charge in [0.1, 0.15) is 0 Å². The number of benzene rings is 1. The first-order valence-electron chi connectivity index (χ1n) is 6.03. The molecule has 0 saturated carbocycles. The van der Waals surface area contributed by atoms with E-state index in [0.29, 0.717) is 18.0 Å². The van der Waals surface area contributed by atoms with Crippen LogP contribution in [0.4, 0.5) is 0 Å². The molecule has 0 aromatic heterocycles. The van der Waals surface area contributed by atoms with Gasteiger partial charge in [-0.15, -0.1) is 0 Å². The highest BCUT2D eigenvalue weighted by Gasteiger charge is 2.24. The molecule has 4 heteroatoms. The van der Waals surface area contributed by atoms with Gasteiger partial charge in [0.05, 0.1) is 4.90 Å². The van der Waals surface area contributed by atoms with Gasteiger partial charge in [-0.05, 0) is 25.0 Å². The van der Waals surface area contributed by atoms with Crippen LogP contribution in [0.25, 0.3) is 0 Å². The van der Waals surface area contributed by atoms with E-state index in [9.17, 15) is 8.42 Å². The molecule has 0 atom stereocenters. The van der Waals surface area contributed by atoms with Crippen LogP contribution in [-0.2, 0) is 10.0 Å². The predicted octanol–water partition coefficient (Wildman–Crippen LogP) is 2.91. The van der Waals surface area contributed by atoms with Gasteiger partial charge in [-0.3, -0.25) is 0 Å². The Morgan fingerprint density at radius 2 is 1.83 bits per heavy atom. The van der Waals surface area contributed by atoms with Crippen molar-refractivity contribution < 1.29 is 8.42 Å². The van der Waals surface area contributed by atoms with Crippen LogP contribution in [0.5, 0.6) is 0 Å². The molecule has 0 fully saturated rings. The Labute approximate surface area is 110 Å². The molecule has 0 aliphatic carbocycles. The summed E-state index contributed by atoms with van der Waals surface area (Å²) in [7, 11) is -3.42. The lowest BCUT2D eigenvalue weighted by molar-refractivity contribution is 0.387. The van der Waals surface area contributed by atoms with Gasteiger partial charge < -0.3 is 0 Å². The maximum Gasteiger partial charge on any atom is 0.243 e. The van der Waals surface area contributed by atoms with Gasteiger partial charge in [-0.2, -0.15) is 4.31 Å². The first-order valence-corrected chi connectivity index (χ1v) is 7.47. The van der Waals surface area contributed by atoms with Crippen molar-refractivity contribution in [3.63, 3.8) is 0 Å². The van der Waals surface area contributed by atoms with Gasteiger partial charge >= 0.3 is 0 Å². The second kappa shape index (κ2) is 6.16. The fourth-order valence-corrected chi connectivity index (χ4v) is 3.38. The average Bonchev–Trinajstić information content (AvgIpc) is 2.28. The summed E-state index contributed by atoms with van der Waals surface area (Å²) in [4.78, 5) is 0.340. The van der Waals surface area contributed by atoms with Crippen LogP contribution in [0.3, 0.4) is 0 Å². The minimum absolute atomic E-state index is 0.280. The Morgan fingerprint density at radius 1 is 1.28 bits per heavy atom. The van der Waals surface area contributed by atoms with E-state index in [2.05, 4.69) is 6.58 Å². The highest BCUT2D eigenvalue weighted by atomic mass is 32.2. The lowest BCUT2D eigenvalue weighted by Gasteiger charge is -2.24. The van der Waals surface area contributed by atoms with Crippen molar-refractivity contribution in [2.75, 3.05) is 13.1 Å². The molecule has 0 bridgehead atoms. The van der Waals surface area contributed by atoms with Gasteiger partial charge in [0.25, 0.3) is 0 Å². The number of sulfonamides is 1. The summed E-state index contributed by atoms with van der Waals surface area (Å²) < 4.78 is 26.5. The Kier molecular flexibility index (Phi) is 5.11. The van der Waals surface area contributed by atoms with E-state index in [1.54, 1.807) is 24.3 Å². The van der Waals surface area contributed by atoms with E-state index in [0.717, 1.165) is 5.57 Å². The molecule has 0 N–H and O–H groups in total. The van der Waals surface area contributed by atoms with Gasteiger partial charge in [-0.25, -0.2) is 8.42 Å². The molecule has 1 aromatic carbocycles. The van der Waals surface area contributed by atoms with Crippen molar-refractivity contribution in [1.29, 1.82) is 0 Å². The highest BCUT2D eigenvalue weighted by Crippen LogP contribution is 2.17. The zero-order valence-corrected chi connectivity index (χ0v) is 12.1. The van der Waals surface area contributed by atoms with E-state index < -0.39 is 10.0 Å². The Bertz CT molecular complexity index is 492. The molecule has 100 valence electrons. The van der Waals surface area contributed by atoms with E-state index in [1.165, 1.54) is 4.31 Å². The molecule has 0 saturated heterocycles. The second-order valence-electron chi connectivity index (χ2n) is 4.96. The molecule has 1 rings (SSSR count). The summed E-state index contributed by atoms with van der Waals surface area (Å²) in [6, 6.07) is 8.54. The third-order valence-corrected chi connectivity index (χ3v) is 4.22.